The van der Waals surface area contributed by atoms with Gasteiger partial charge >= 0.3 is 0 Å². The Morgan fingerprint density at radius 3 is 2.85 bits per heavy atom. The molecule has 5 nitrogen and oxygen atoms in total. The van der Waals surface area contributed by atoms with E-state index < -0.39 is 0 Å². The minimum atomic E-state index is 0.527. The zero-order valence-corrected chi connectivity index (χ0v) is 11.6. The highest BCUT2D eigenvalue weighted by atomic mass is 15.3. The summed E-state index contributed by atoms with van der Waals surface area (Å²) in [5.41, 5.74) is 8.97. The van der Waals surface area contributed by atoms with Crippen LogP contribution in [0.3, 0.4) is 0 Å². The molecule has 2 aromatic rings. The molecule has 20 heavy (non-hydrogen) atoms. The number of hydrogen-bond acceptors (Lipinski definition) is 2. The monoisotopic (exact) mass is 269 g/mol. The van der Waals surface area contributed by atoms with Crippen LogP contribution >= 0.6 is 0 Å². The number of rotatable bonds is 4. The third kappa shape index (κ3) is 2.99. The Labute approximate surface area is 118 Å². The fourth-order valence-corrected chi connectivity index (χ4v) is 2.02. The predicted molar refractivity (Wildman–Crippen MR) is 79.8 cm³/mol. The Hall–Kier alpha value is -2.30. The molecule has 5 heteroatoms. The Balaban J connectivity index is 1.72. The summed E-state index contributed by atoms with van der Waals surface area (Å²) in [4.78, 5) is 4.37. The summed E-state index contributed by atoms with van der Waals surface area (Å²) in [6.45, 7) is 2.55. The number of aromatic nitrogens is 2. The Morgan fingerprint density at radius 2 is 2.15 bits per heavy atom. The largest absolute Gasteiger partial charge is 0.370 e. The second kappa shape index (κ2) is 5.36. The maximum Gasteiger partial charge on any atom is 0.189 e. The first kappa shape index (κ1) is 12.7. The highest BCUT2D eigenvalue weighted by Crippen LogP contribution is 2.18. The lowest BCUT2D eigenvalue weighted by Gasteiger charge is -2.02. The van der Waals surface area contributed by atoms with Crippen LogP contribution in [0.15, 0.2) is 41.5 Å². The van der Waals surface area contributed by atoms with Crippen molar-refractivity contribution in [1.82, 2.24) is 15.1 Å². The maximum atomic E-state index is 5.84. The molecular weight excluding hydrogens is 250 g/mol. The lowest BCUT2D eigenvalue weighted by atomic mass is 10.3. The van der Waals surface area contributed by atoms with Gasteiger partial charge in [0.15, 0.2) is 5.96 Å². The fraction of sp³-hybridized carbons (Fsp3) is 0.333. The topological polar surface area (TPSA) is 68.2 Å². The van der Waals surface area contributed by atoms with Crippen molar-refractivity contribution in [2.45, 2.75) is 32.4 Å². The summed E-state index contributed by atoms with van der Waals surface area (Å²) in [6.07, 6.45) is 4.40. The molecule has 0 atom stereocenters. The number of nitrogens with zero attached hydrogens (tertiary/aromatic N) is 3. The van der Waals surface area contributed by atoms with Crippen molar-refractivity contribution in [1.29, 1.82) is 0 Å². The normalized spacial score (nSPS) is 15.3. The van der Waals surface area contributed by atoms with Crippen molar-refractivity contribution in [3.05, 3.63) is 47.8 Å². The molecule has 1 aliphatic rings. The first-order chi connectivity index (χ1) is 9.72. The molecule has 0 saturated heterocycles. The molecule has 0 unspecified atom stereocenters. The van der Waals surface area contributed by atoms with Gasteiger partial charge in [-0.05, 0) is 31.9 Å². The standard InChI is InChI=1S/C15H19N5/c1-11-12(9-17-15(16)18-13-7-8-13)10-20(19-11)14-5-3-2-4-6-14/h2-6,10,13H,7-9H2,1H3,(H3,16,17,18). The van der Waals surface area contributed by atoms with Crippen LogP contribution in [0.4, 0.5) is 0 Å². The van der Waals surface area contributed by atoms with Crippen molar-refractivity contribution in [2.75, 3.05) is 0 Å². The van der Waals surface area contributed by atoms with Gasteiger partial charge in [0.05, 0.1) is 17.9 Å². The molecule has 1 aliphatic carbocycles. The van der Waals surface area contributed by atoms with E-state index in [1.165, 1.54) is 12.8 Å². The van der Waals surface area contributed by atoms with E-state index in [1.807, 2.05) is 48.1 Å². The molecule has 1 aromatic carbocycles. The minimum Gasteiger partial charge on any atom is -0.370 e. The van der Waals surface area contributed by atoms with Crippen molar-refractivity contribution in [3.8, 4) is 5.69 Å². The zero-order chi connectivity index (χ0) is 13.9. The van der Waals surface area contributed by atoms with E-state index in [0.717, 1.165) is 16.9 Å². The summed E-state index contributed by atoms with van der Waals surface area (Å²) in [6, 6.07) is 10.6. The molecule has 1 fully saturated rings. The van der Waals surface area contributed by atoms with Crippen LogP contribution in [0.25, 0.3) is 5.69 Å². The van der Waals surface area contributed by atoms with Gasteiger partial charge in [-0.3, -0.25) is 0 Å². The van der Waals surface area contributed by atoms with Gasteiger partial charge in [-0.2, -0.15) is 5.10 Å². The third-order valence-electron chi connectivity index (χ3n) is 3.37. The zero-order valence-electron chi connectivity index (χ0n) is 11.6. The second-order valence-corrected chi connectivity index (χ2v) is 5.14. The molecule has 0 aliphatic heterocycles. The molecule has 0 amide bonds. The number of benzene rings is 1. The fourth-order valence-electron chi connectivity index (χ4n) is 2.02. The molecule has 3 rings (SSSR count). The van der Waals surface area contributed by atoms with Crippen LogP contribution in [-0.4, -0.2) is 21.8 Å². The van der Waals surface area contributed by atoms with Crippen molar-refractivity contribution in [3.63, 3.8) is 0 Å². The number of para-hydroxylation sites is 1. The van der Waals surface area contributed by atoms with E-state index >= 15 is 0 Å². The van der Waals surface area contributed by atoms with Gasteiger partial charge in [-0.15, -0.1) is 0 Å². The van der Waals surface area contributed by atoms with E-state index in [2.05, 4.69) is 15.4 Å². The van der Waals surface area contributed by atoms with Gasteiger partial charge < -0.3 is 11.1 Å². The number of guanidine groups is 1. The first-order valence-electron chi connectivity index (χ1n) is 6.89. The molecular formula is C15H19N5. The van der Waals surface area contributed by atoms with Gasteiger partial charge in [0, 0.05) is 17.8 Å². The van der Waals surface area contributed by atoms with Crippen LogP contribution in [0.5, 0.6) is 0 Å². The lowest BCUT2D eigenvalue weighted by molar-refractivity contribution is 0.863. The maximum absolute atomic E-state index is 5.84. The second-order valence-electron chi connectivity index (χ2n) is 5.14. The minimum absolute atomic E-state index is 0.527. The Kier molecular flexibility index (Phi) is 3.41. The SMILES string of the molecule is Cc1nn(-c2ccccc2)cc1CN=C(N)NC1CC1. The summed E-state index contributed by atoms with van der Waals surface area (Å²) >= 11 is 0. The van der Waals surface area contributed by atoms with Crippen LogP contribution in [0.2, 0.25) is 0 Å². The first-order valence-corrected chi connectivity index (χ1v) is 6.89. The van der Waals surface area contributed by atoms with Crippen molar-refractivity contribution in [2.24, 2.45) is 10.7 Å². The van der Waals surface area contributed by atoms with Crippen LogP contribution in [0.1, 0.15) is 24.1 Å². The molecule has 1 saturated carbocycles. The van der Waals surface area contributed by atoms with Gasteiger partial charge in [0.25, 0.3) is 0 Å². The molecule has 0 spiro atoms. The number of aliphatic imine (C=N–C) groups is 1. The van der Waals surface area contributed by atoms with Gasteiger partial charge in [-0.25, -0.2) is 9.67 Å². The summed E-state index contributed by atoms with van der Waals surface area (Å²) < 4.78 is 1.88. The van der Waals surface area contributed by atoms with E-state index in [0.29, 0.717) is 18.5 Å². The number of aryl methyl sites for hydroxylation is 1. The van der Waals surface area contributed by atoms with Crippen molar-refractivity contribution < 1.29 is 0 Å². The van der Waals surface area contributed by atoms with Gasteiger partial charge in [-0.1, -0.05) is 18.2 Å². The van der Waals surface area contributed by atoms with Crippen LogP contribution in [-0.2, 0) is 6.54 Å². The molecule has 0 radical (unpaired) electrons. The predicted octanol–water partition coefficient (Wildman–Crippen LogP) is 1.75. The third-order valence-corrected chi connectivity index (χ3v) is 3.37. The molecule has 3 N–H and O–H groups in total. The van der Waals surface area contributed by atoms with E-state index in [1.54, 1.807) is 0 Å². The summed E-state index contributed by atoms with van der Waals surface area (Å²) in [5, 5.41) is 7.70. The summed E-state index contributed by atoms with van der Waals surface area (Å²) in [7, 11) is 0. The summed E-state index contributed by atoms with van der Waals surface area (Å²) in [5.74, 6) is 0.527. The average Bonchev–Trinajstić information content (AvgIpc) is 3.19. The van der Waals surface area contributed by atoms with Gasteiger partial charge in [0.1, 0.15) is 0 Å². The van der Waals surface area contributed by atoms with E-state index in [-0.39, 0.29) is 0 Å². The van der Waals surface area contributed by atoms with Crippen molar-refractivity contribution >= 4 is 5.96 Å². The lowest BCUT2D eigenvalue weighted by Crippen LogP contribution is -2.33. The smallest absolute Gasteiger partial charge is 0.189 e. The molecule has 1 heterocycles. The Morgan fingerprint density at radius 1 is 1.40 bits per heavy atom. The average molecular weight is 269 g/mol. The van der Waals surface area contributed by atoms with Crippen LogP contribution < -0.4 is 11.1 Å². The van der Waals surface area contributed by atoms with E-state index in [9.17, 15) is 0 Å². The van der Waals surface area contributed by atoms with Gasteiger partial charge in [0.2, 0.25) is 0 Å². The Bertz CT molecular complexity index is 610. The number of nitrogens with two attached hydrogens (primary N) is 1. The van der Waals surface area contributed by atoms with Crippen LogP contribution in [0, 0.1) is 6.92 Å². The highest BCUT2D eigenvalue weighted by molar-refractivity contribution is 5.78. The quantitative estimate of drug-likeness (QED) is 0.656. The van der Waals surface area contributed by atoms with E-state index in [4.69, 9.17) is 5.73 Å². The molecule has 1 aromatic heterocycles. The number of nitrogens with one attached hydrogen (secondary N) is 1. The molecule has 0 bridgehead atoms. The number of hydrogen-bond donors (Lipinski definition) is 2. The highest BCUT2D eigenvalue weighted by Gasteiger charge is 2.21. The molecule has 104 valence electrons.